The van der Waals surface area contributed by atoms with Crippen LogP contribution >= 0.6 is 0 Å². The zero-order valence-corrected chi connectivity index (χ0v) is 17.8. The summed E-state index contributed by atoms with van der Waals surface area (Å²) in [5.74, 6) is 0.396. The van der Waals surface area contributed by atoms with Crippen molar-refractivity contribution < 1.29 is 22.7 Å². The van der Waals surface area contributed by atoms with Gasteiger partial charge in [0.1, 0.15) is 4.90 Å². The number of aromatic amines is 1. The second-order valence-electron chi connectivity index (χ2n) is 7.02. The van der Waals surface area contributed by atoms with Crippen LogP contribution in [0.5, 0.6) is 11.5 Å². The molecule has 0 spiro atoms. The molecular weight excluding hydrogens is 396 g/mol. The van der Waals surface area contributed by atoms with E-state index in [-0.39, 0.29) is 17.3 Å². The summed E-state index contributed by atoms with van der Waals surface area (Å²) >= 11 is 0. The Morgan fingerprint density at radius 2 is 1.97 bits per heavy atom. The van der Waals surface area contributed by atoms with Crippen molar-refractivity contribution in [3.05, 3.63) is 29.6 Å². The number of aromatic nitrogens is 2. The van der Waals surface area contributed by atoms with E-state index in [0.29, 0.717) is 48.0 Å². The number of hydrogen-bond acceptors (Lipinski definition) is 6. The quantitative estimate of drug-likeness (QED) is 0.737. The number of H-pyrrole nitrogens is 1. The highest BCUT2D eigenvalue weighted by molar-refractivity contribution is 7.89. The van der Waals surface area contributed by atoms with Crippen LogP contribution in [0.2, 0.25) is 0 Å². The first-order chi connectivity index (χ1) is 13.8. The van der Waals surface area contributed by atoms with E-state index in [2.05, 4.69) is 15.5 Å². The van der Waals surface area contributed by atoms with E-state index < -0.39 is 15.9 Å². The number of rotatable bonds is 6. The lowest BCUT2D eigenvalue weighted by Crippen LogP contribution is -2.43. The minimum atomic E-state index is -3.72. The smallest absolute Gasteiger partial charge is 0.246 e. The van der Waals surface area contributed by atoms with E-state index in [0.717, 1.165) is 0 Å². The van der Waals surface area contributed by atoms with E-state index in [1.54, 1.807) is 32.0 Å². The summed E-state index contributed by atoms with van der Waals surface area (Å²) in [6, 6.07) is 5.09. The predicted octanol–water partition coefficient (Wildman–Crippen LogP) is 2.08. The number of piperidine rings is 1. The summed E-state index contributed by atoms with van der Waals surface area (Å²) in [6.07, 6.45) is 1.23. The minimum absolute atomic E-state index is 0.130. The van der Waals surface area contributed by atoms with Gasteiger partial charge in [-0.2, -0.15) is 9.40 Å². The van der Waals surface area contributed by atoms with E-state index in [9.17, 15) is 13.2 Å². The Morgan fingerprint density at radius 1 is 1.24 bits per heavy atom. The number of hydrogen-bond donors (Lipinski definition) is 2. The molecule has 1 amide bonds. The third-order valence-electron chi connectivity index (χ3n) is 5.06. The lowest BCUT2D eigenvalue weighted by molar-refractivity contribution is -0.120. The highest BCUT2D eigenvalue weighted by Gasteiger charge is 2.35. The number of aryl methyl sites for hydroxylation is 2. The average molecular weight is 423 g/mol. The van der Waals surface area contributed by atoms with E-state index >= 15 is 0 Å². The number of sulfonamides is 1. The van der Waals surface area contributed by atoms with Gasteiger partial charge in [0.25, 0.3) is 0 Å². The van der Waals surface area contributed by atoms with Gasteiger partial charge in [-0.3, -0.25) is 9.89 Å². The summed E-state index contributed by atoms with van der Waals surface area (Å²) in [6.45, 7) is 3.84. The molecule has 158 valence electrons. The minimum Gasteiger partial charge on any atom is -0.493 e. The molecule has 0 saturated carbocycles. The summed E-state index contributed by atoms with van der Waals surface area (Å²) in [5, 5.41) is 9.55. The molecule has 2 N–H and O–H groups in total. The van der Waals surface area contributed by atoms with Gasteiger partial charge < -0.3 is 14.8 Å². The number of methoxy groups -OCH3 is 2. The maximum absolute atomic E-state index is 13.1. The van der Waals surface area contributed by atoms with Gasteiger partial charge in [-0.25, -0.2) is 8.42 Å². The molecule has 1 aromatic heterocycles. The Bertz CT molecular complexity index is 983. The van der Waals surface area contributed by atoms with Crippen molar-refractivity contribution in [2.24, 2.45) is 5.92 Å². The number of benzene rings is 1. The maximum Gasteiger partial charge on any atom is 0.246 e. The van der Waals surface area contributed by atoms with Crippen LogP contribution in [0.15, 0.2) is 23.1 Å². The molecule has 1 aliphatic heterocycles. The van der Waals surface area contributed by atoms with Crippen molar-refractivity contribution >= 4 is 21.6 Å². The van der Waals surface area contributed by atoms with E-state index in [4.69, 9.17) is 9.47 Å². The topological polar surface area (TPSA) is 114 Å². The molecule has 1 aromatic carbocycles. The molecule has 2 heterocycles. The molecule has 0 radical (unpaired) electrons. The number of carbonyl (C=O) groups excluding carboxylic acids is 1. The predicted molar refractivity (Wildman–Crippen MR) is 108 cm³/mol. The Kier molecular flexibility index (Phi) is 6.13. The zero-order chi connectivity index (χ0) is 21.2. The molecule has 1 fully saturated rings. The third-order valence-corrected chi connectivity index (χ3v) is 7.19. The van der Waals surface area contributed by atoms with Crippen molar-refractivity contribution in [3.8, 4) is 11.5 Å². The van der Waals surface area contributed by atoms with Crippen molar-refractivity contribution in [2.45, 2.75) is 31.6 Å². The monoisotopic (exact) mass is 422 g/mol. The number of nitrogens with zero attached hydrogens (tertiary/aromatic N) is 2. The average Bonchev–Trinajstić information content (AvgIpc) is 3.06. The maximum atomic E-state index is 13.1. The fraction of sp³-hybridized carbons (Fsp3) is 0.474. The van der Waals surface area contributed by atoms with Crippen molar-refractivity contribution in [3.63, 3.8) is 0 Å². The fourth-order valence-corrected chi connectivity index (χ4v) is 5.44. The summed E-state index contributed by atoms with van der Waals surface area (Å²) in [5.41, 5.74) is 1.49. The molecule has 1 atom stereocenters. The Morgan fingerprint density at radius 3 is 2.59 bits per heavy atom. The largest absolute Gasteiger partial charge is 0.493 e. The van der Waals surface area contributed by atoms with Crippen molar-refractivity contribution in [1.29, 1.82) is 0 Å². The van der Waals surface area contributed by atoms with Crippen LogP contribution in [0.1, 0.15) is 24.2 Å². The molecule has 0 bridgehead atoms. The van der Waals surface area contributed by atoms with Crippen LogP contribution in [0.25, 0.3) is 0 Å². The van der Waals surface area contributed by atoms with Gasteiger partial charge in [0, 0.05) is 24.8 Å². The molecule has 9 nitrogen and oxygen atoms in total. The number of amides is 1. The van der Waals surface area contributed by atoms with Gasteiger partial charge in [-0.05, 0) is 38.8 Å². The normalized spacial score (nSPS) is 17.7. The molecule has 10 heteroatoms. The molecule has 0 aliphatic carbocycles. The standard InChI is InChI=1S/C19H26N4O5S/c1-12-18(13(2)22-21-12)29(25,26)23-9-5-6-14(11-23)19(24)20-15-7-8-16(27-3)17(10-15)28-4/h7-8,10,14H,5-6,9,11H2,1-4H3,(H,20,24)(H,21,22)/t14-/m1/s1. The number of nitrogens with one attached hydrogen (secondary N) is 2. The second-order valence-corrected chi connectivity index (χ2v) is 8.90. The third kappa shape index (κ3) is 4.23. The fourth-order valence-electron chi connectivity index (χ4n) is 3.58. The first-order valence-corrected chi connectivity index (χ1v) is 10.8. The highest BCUT2D eigenvalue weighted by atomic mass is 32.2. The molecule has 3 rings (SSSR count). The van der Waals surface area contributed by atoms with Crippen LogP contribution in [0.3, 0.4) is 0 Å². The Hall–Kier alpha value is -2.59. The first-order valence-electron chi connectivity index (χ1n) is 9.32. The Balaban J connectivity index is 1.75. The Labute approximate surface area is 170 Å². The lowest BCUT2D eigenvalue weighted by atomic mass is 9.98. The molecule has 29 heavy (non-hydrogen) atoms. The van der Waals surface area contributed by atoms with Crippen LogP contribution in [0, 0.1) is 19.8 Å². The number of anilines is 1. The second kappa shape index (κ2) is 8.42. The van der Waals surface area contributed by atoms with E-state index in [1.165, 1.54) is 18.5 Å². The van der Waals surface area contributed by atoms with Crippen LogP contribution in [-0.2, 0) is 14.8 Å². The van der Waals surface area contributed by atoms with Gasteiger partial charge >= 0.3 is 0 Å². The molecule has 0 unspecified atom stereocenters. The molecular formula is C19H26N4O5S. The van der Waals surface area contributed by atoms with Crippen molar-refractivity contribution in [1.82, 2.24) is 14.5 Å². The van der Waals surface area contributed by atoms with Crippen LogP contribution in [0.4, 0.5) is 5.69 Å². The zero-order valence-electron chi connectivity index (χ0n) is 17.0. The van der Waals surface area contributed by atoms with Gasteiger partial charge in [-0.1, -0.05) is 0 Å². The van der Waals surface area contributed by atoms with Gasteiger partial charge in [0.15, 0.2) is 11.5 Å². The number of ether oxygens (including phenoxy) is 2. The SMILES string of the molecule is COc1ccc(NC(=O)[C@@H]2CCCN(S(=O)(=O)c3c(C)n[nH]c3C)C2)cc1OC. The molecule has 2 aromatic rings. The van der Waals surface area contributed by atoms with Crippen LogP contribution < -0.4 is 14.8 Å². The number of carbonyl (C=O) groups is 1. The lowest BCUT2D eigenvalue weighted by Gasteiger charge is -2.31. The summed E-state index contributed by atoms with van der Waals surface area (Å²) in [7, 11) is -0.657. The first kappa shape index (κ1) is 21.1. The van der Waals surface area contributed by atoms with Crippen LogP contribution in [-0.4, -0.2) is 56.1 Å². The van der Waals surface area contributed by atoms with E-state index in [1.807, 2.05) is 0 Å². The summed E-state index contributed by atoms with van der Waals surface area (Å²) < 4.78 is 38.0. The molecule has 1 saturated heterocycles. The van der Waals surface area contributed by atoms with Gasteiger partial charge in [0.05, 0.1) is 31.5 Å². The highest BCUT2D eigenvalue weighted by Crippen LogP contribution is 2.31. The van der Waals surface area contributed by atoms with Gasteiger partial charge in [-0.15, -0.1) is 0 Å². The van der Waals surface area contributed by atoms with Gasteiger partial charge in [0.2, 0.25) is 15.9 Å². The summed E-state index contributed by atoms with van der Waals surface area (Å²) in [4.78, 5) is 13.0. The molecule has 1 aliphatic rings. The van der Waals surface area contributed by atoms with Crippen molar-refractivity contribution in [2.75, 3.05) is 32.6 Å².